The van der Waals surface area contributed by atoms with Gasteiger partial charge in [0.15, 0.2) is 0 Å². The summed E-state index contributed by atoms with van der Waals surface area (Å²) in [6.07, 6.45) is 11.9. The summed E-state index contributed by atoms with van der Waals surface area (Å²) in [5.41, 5.74) is 3.81. The largest absolute Gasteiger partial charge is 0.472 e. The number of hydrogen-bond acceptors (Lipinski definition) is 4. The van der Waals surface area contributed by atoms with E-state index >= 15 is 0 Å². The van der Waals surface area contributed by atoms with Gasteiger partial charge in [-0.1, -0.05) is 70.0 Å². The van der Waals surface area contributed by atoms with E-state index in [1.54, 1.807) is 5.57 Å². The number of rotatable bonds is 8. The molecule has 2 saturated carbocycles. The second-order valence-electron chi connectivity index (χ2n) is 14.1. The van der Waals surface area contributed by atoms with Crippen LogP contribution in [-0.2, 0) is 6.42 Å². The van der Waals surface area contributed by atoms with Crippen LogP contribution in [0.3, 0.4) is 0 Å². The van der Waals surface area contributed by atoms with Crippen molar-refractivity contribution in [2.45, 2.75) is 85.2 Å². The first kappa shape index (κ1) is 28.9. The molecular weight excluding hydrogens is 506 g/mol. The van der Waals surface area contributed by atoms with E-state index in [4.69, 9.17) is 16.0 Å². The van der Waals surface area contributed by atoms with Crippen molar-refractivity contribution in [2.75, 3.05) is 19.7 Å². The lowest BCUT2D eigenvalue weighted by molar-refractivity contribution is -0.157. The Bertz CT molecular complexity index is 1160. The Morgan fingerprint density at radius 2 is 1.77 bits per heavy atom. The van der Waals surface area contributed by atoms with Crippen LogP contribution in [0.4, 0.5) is 0 Å². The van der Waals surface area contributed by atoms with Crippen LogP contribution >= 0.6 is 11.6 Å². The number of nitrogens with one attached hydrogen (secondary N) is 1. The average Bonchev–Trinajstić information content (AvgIpc) is 3.54. The number of benzene rings is 1. The molecule has 0 bridgehead atoms. The summed E-state index contributed by atoms with van der Waals surface area (Å²) >= 11 is 6.10. The summed E-state index contributed by atoms with van der Waals surface area (Å²) in [7, 11) is 0. The van der Waals surface area contributed by atoms with Crippen LogP contribution in [-0.4, -0.2) is 36.0 Å². The standard InChI is InChI=1S/C34H48ClNO3/c1-31(2)29(20-37)33(4,17-13-30(31)38)28-12-16-32(3)26(24-15-19-39-21-24)10-11-27(32)34(28,5)22-36-18-14-23-6-8-25(35)9-7-23/h6-9,11,15,19,21,26,28-30,36-38H,10,12-14,16-18,20,22H2,1-5H3/t26-,28?,29-,30+,32-,33+,34?/m0/s1. The van der Waals surface area contributed by atoms with E-state index in [2.05, 4.69) is 64.2 Å². The van der Waals surface area contributed by atoms with Crippen molar-refractivity contribution in [2.24, 2.45) is 33.5 Å². The molecule has 0 spiro atoms. The second kappa shape index (κ2) is 10.7. The number of hydrogen-bond donors (Lipinski definition) is 3. The monoisotopic (exact) mass is 553 g/mol. The predicted octanol–water partition coefficient (Wildman–Crippen LogP) is 7.40. The highest BCUT2D eigenvalue weighted by Crippen LogP contribution is 2.69. The van der Waals surface area contributed by atoms with Crippen molar-refractivity contribution in [1.82, 2.24) is 5.32 Å². The molecule has 2 unspecified atom stereocenters. The lowest BCUT2D eigenvalue weighted by Gasteiger charge is -2.63. The normalized spacial score (nSPS) is 37.9. The molecule has 4 nitrogen and oxygen atoms in total. The van der Waals surface area contributed by atoms with Gasteiger partial charge in [0.05, 0.1) is 18.6 Å². The maximum absolute atomic E-state index is 11.0. The van der Waals surface area contributed by atoms with Crippen LogP contribution < -0.4 is 5.32 Å². The molecule has 1 aromatic carbocycles. The Hall–Kier alpha value is -1.59. The zero-order chi connectivity index (χ0) is 28.1. The SMILES string of the molecule is CC1(CNCCc2ccc(Cl)cc2)C2=CC[C@@H](c3ccoc3)[C@]2(C)CCC1[C@@]1(C)CC[C@@H](O)C(C)(C)[C@@H]1CO. The fourth-order valence-electron chi connectivity index (χ4n) is 9.48. The zero-order valence-corrected chi connectivity index (χ0v) is 25.2. The van der Waals surface area contributed by atoms with E-state index in [0.717, 1.165) is 56.6 Å². The molecule has 0 amide bonds. The number of aliphatic hydroxyl groups is 2. The fourth-order valence-corrected chi connectivity index (χ4v) is 9.61. The van der Waals surface area contributed by atoms with Crippen LogP contribution in [0.1, 0.15) is 83.8 Å². The van der Waals surface area contributed by atoms with Gasteiger partial charge in [-0.15, -0.1) is 0 Å². The van der Waals surface area contributed by atoms with Crippen molar-refractivity contribution in [1.29, 1.82) is 0 Å². The summed E-state index contributed by atoms with van der Waals surface area (Å²) in [6, 6.07) is 10.3. The smallest absolute Gasteiger partial charge is 0.0937 e. The molecule has 5 heteroatoms. The highest BCUT2D eigenvalue weighted by Gasteiger charge is 2.62. The van der Waals surface area contributed by atoms with Gasteiger partial charge in [0.1, 0.15) is 0 Å². The van der Waals surface area contributed by atoms with E-state index < -0.39 is 0 Å². The Morgan fingerprint density at radius 3 is 2.44 bits per heavy atom. The fraction of sp³-hybridized carbons (Fsp3) is 0.647. The van der Waals surface area contributed by atoms with Crippen LogP contribution in [0.15, 0.2) is 58.9 Å². The van der Waals surface area contributed by atoms with Gasteiger partial charge >= 0.3 is 0 Å². The first-order valence-electron chi connectivity index (χ1n) is 14.9. The first-order chi connectivity index (χ1) is 18.5. The molecule has 0 saturated heterocycles. The lowest BCUT2D eigenvalue weighted by Crippen LogP contribution is -2.60. The van der Waals surface area contributed by atoms with Crippen molar-refractivity contribution in [3.8, 4) is 0 Å². The number of allylic oxidation sites excluding steroid dienone is 1. The summed E-state index contributed by atoms with van der Waals surface area (Å²) in [5, 5.41) is 26.4. The maximum Gasteiger partial charge on any atom is 0.0937 e. The number of halogens is 1. The lowest BCUT2D eigenvalue weighted by atomic mass is 9.42. The number of furan rings is 1. The Labute approximate surface area is 240 Å². The van der Waals surface area contributed by atoms with E-state index in [1.807, 2.05) is 24.7 Å². The molecule has 3 aliphatic carbocycles. The molecule has 3 N–H and O–H groups in total. The quantitative estimate of drug-likeness (QED) is 0.235. The van der Waals surface area contributed by atoms with E-state index in [1.165, 1.54) is 11.1 Å². The van der Waals surface area contributed by atoms with Crippen LogP contribution in [0.5, 0.6) is 0 Å². The minimum atomic E-state index is -0.378. The first-order valence-corrected chi connectivity index (χ1v) is 15.3. The topological polar surface area (TPSA) is 65.6 Å². The molecule has 2 fully saturated rings. The van der Waals surface area contributed by atoms with Gasteiger partial charge in [-0.3, -0.25) is 0 Å². The minimum Gasteiger partial charge on any atom is -0.472 e. The van der Waals surface area contributed by atoms with Crippen LogP contribution in [0, 0.1) is 33.5 Å². The predicted molar refractivity (Wildman–Crippen MR) is 159 cm³/mol. The zero-order valence-electron chi connectivity index (χ0n) is 24.5. The Morgan fingerprint density at radius 1 is 1.03 bits per heavy atom. The molecule has 7 atom stereocenters. The molecule has 39 heavy (non-hydrogen) atoms. The van der Waals surface area contributed by atoms with Gasteiger partial charge in [-0.2, -0.15) is 0 Å². The van der Waals surface area contributed by atoms with E-state index in [9.17, 15) is 10.2 Å². The molecule has 2 aromatic rings. The average molecular weight is 554 g/mol. The molecule has 0 aliphatic heterocycles. The van der Waals surface area contributed by atoms with Crippen molar-refractivity contribution >= 4 is 11.6 Å². The number of fused-ring (bicyclic) bond motifs is 1. The van der Waals surface area contributed by atoms with Crippen molar-refractivity contribution in [3.63, 3.8) is 0 Å². The minimum absolute atomic E-state index is 0.0446. The highest BCUT2D eigenvalue weighted by molar-refractivity contribution is 6.30. The second-order valence-corrected chi connectivity index (χ2v) is 14.5. The molecule has 214 valence electrons. The third kappa shape index (κ3) is 4.84. The van der Waals surface area contributed by atoms with Gasteiger partial charge < -0.3 is 19.9 Å². The van der Waals surface area contributed by atoms with Gasteiger partial charge in [0, 0.05) is 23.6 Å². The molecule has 1 aromatic heterocycles. The summed E-state index contributed by atoms with van der Waals surface area (Å²) in [5.74, 6) is 0.884. The van der Waals surface area contributed by atoms with Crippen LogP contribution in [0.25, 0.3) is 0 Å². The molecule has 3 aliphatic rings. The third-order valence-corrected chi connectivity index (χ3v) is 12.0. The summed E-state index contributed by atoms with van der Waals surface area (Å²) in [4.78, 5) is 0. The Balaban J connectivity index is 1.46. The van der Waals surface area contributed by atoms with Gasteiger partial charge in [-0.05, 0) is 108 Å². The summed E-state index contributed by atoms with van der Waals surface area (Å²) < 4.78 is 5.53. The van der Waals surface area contributed by atoms with Crippen LogP contribution in [0.2, 0.25) is 5.02 Å². The maximum atomic E-state index is 11.0. The molecule has 1 heterocycles. The Kier molecular flexibility index (Phi) is 7.91. The molecule has 0 radical (unpaired) electrons. The van der Waals surface area contributed by atoms with E-state index in [0.29, 0.717) is 11.8 Å². The van der Waals surface area contributed by atoms with Gasteiger partial charge in [0.2, 0.25) is 0 Å². The summed E-state index contributed by atoms with van der Waals surface area (Å²) in [6.45, 7) is 13.6. The molecule has 5 rings (SSSR count). The van der Waals surface area contributed by atoms with Gasteiger partial charge in [0.25, 0.3) is 0 Å². The van der Waals surface area contributed by atoms with Gasteiger partial charge in [-0.25, -0.2) is 0 Å². The highest BCUT2D eigenvalue weighted by atomic mass is 35.5. The van der Waals surface area contributed by atoms with Crippen molar-refractivity contribution in [3.05, 3.63) is 70.7 Å². The molecular formula is C34H48ClNO3. The van der Waals surface area contributed by atoms with E-state index in [-0.39, 0.29) is 40.3 Å². The van der Waals surface area contributed by atoms with Crippen molar-refractivity contribution < 1.29 is 14.6 Å². The number of aliphatic hydroxyl groups excluding tert-OH is 2. The third-order valence-electron chi connectivity index (χ3n) is 11.7.